The van der Waals surface area contributed by atoms with E-state index in [1.54, 1.807) is 26.0 Å². The Kier molecular flexibility index (Phi) is 9.56. The maximum absolute atomic E-state index is 13.9. The predicted molar refractivity (Wildman–Crippen MR) is 143 cm³/mol. The molecule has 0 atom stereocenters. The zero-order chi connectivity index (χ0) is 27.2. The van der Waals surface area contributed by atoms with Crippen LogP contribution in [0.25, 0.3) is 0 Å². The highest BCUT2D eigenvalue weighted by Crippen LogP contribution is 2.37. The third-order valence-electron chi connectivity index (χ3n) is 6.54. The molecule has 2 aromatic rings. The number of nitrogens with one attached hydrogen (secondary N) is 1. The maximum Gasteiger partial charge on any atom is 0.255 e. The van der Waals surface area contributed by atoms with Gasteiger partial charge in [0, 0.05) is 11.6 Å². The van der Waals surface area contributed by atoms with Crippen molar-refractivity contribution in [1.82, 2.24) is 9.73 Å². The first-order chi connectivity index (χ1) is 17.6. The van der Waals surface area contributed by atoms with Gasteiger partial charge in [0.25, 0.3) is 5.91 Å². The average molecular weight is 532 g/mol. The van der Waals surface area contributed by atoms with E-state index in [0.717, 1.165) is 37.7 Å². The van der Waals surface area contributed by atoms with Gasteiger partial charge in [0.05, 0.1) is 39.0 Å². The second-order valence-electron chi connectivity index (χ2n) is 9.32. The van der Waals surface area contributed by atoms with E-state index in [2.05, 4.69) is 10.5 Å². The molecule has 1 aliphatic rings. The quantitative estimate of drug-likeness (QED) is 0.365. The number of nitrogens with zero attached hydrogens (tertiary/aromatic N) is 2. The van der Waals surface area contributed by atoms with E-state index in [1.807, 2.05) is 19.1 Å². The van der Waals surface area contributed by atoms with E-state index in [-0.39, 0.29) is 17.5 Å². The summed E-state index contributed by atoms with van der Waals surface area (Å²) in [7, 11) is 0.634. The van der Waals surface area contributed by atoms with Crippen LogP contribution in [0, 0.1) is 20.8 Å². The number of benzene rings is 2. The summed E-state index contributed by atoms with van der Waals surface area (Å²) in [4.78, 5) is 13.2. The third-order valence-corrected chi connectivity index (χ3v) is 8.75. The van der Waals surface area contributed by atoms with Gasteiger partial charge in [-0.1, -0.05) is 37.0 Å². The number of hydrazone groups is 1. The number of sulfonamides is 1. The number of carbonyl (C=O) groups is 1. The molecule has 1 amide bonds. The van der Waals surface area contributed by atoms with Gasteiger partial charge in [-0.15, -0.1) is 0 Å². The van der Waals surface area contributed by atoms with Crippen molar-refractivity contribution in [3.8, 4) is 17.2 Å². The molecule has 0 spiro atoms. The van der Waals surface area contributed by atoms with Gasteiger partial charge in [0.15, 0.2) is 11.5 Å². The third kappa shape index (κ3) is 6.61. The van der Waals surface area contributed by atoms with Crippen LogP contribution in [-0.2, 0) is 14.8 Å². The predicted octanol–water partition coefficient (Wildman–Crippen LogP) is 4.11. The second kappa shape index (κ2) is 12.4. The van der Waals surface area contributed by atoms with E-state index in [4.69, 9.17) is 14.2 Å². The molecule has 0 aliphatic heterocycles. The van der Waals surface area contributed by atoms with Crippen molar-refractivity contribution in [3.05, 3.63) is 46.5 Å². The molecular weight excluding hydrogens is 494 g/mol. The van der Waals surface area contributed by atoms with Gasteiger partial charge >= 0.3 is 0 Å². The normalized spacial score (nSPS) is 14.7. The molecule has 0 unspecified atom stereocenters. The van der Waals surface area contributed by atoms with E-state index in [0.29, 0.717) is 33.9 Å². The van der Waals surface area contributed by atoms with Crippen molar-refractivity contribution in [1.29, 1.82) is 0 Å². The van der Waals surface area contributed by atoms with Gasteiger partial charge < -0.3 is 14.2 Å². The number of methoxy groups -OCH3 is 3. The maximum atomic E-state index is 13.9. The smallest absolute Gasteiger partial charge is 0.255 e. The van der Waals surface area contributed by atoms with E-state index in [9.17, 15) is 13.2 Å². The molecule has 1 aliphatic carbocycles. The van der Waals surface area contributed by atoms with Crippen molar-refractivity contribution < 1.29 is 27.4 Å². The lowest BCUT2D eigenvalue weighted by Crippen LogP contribution is -2.46. The van der Waals surface area contributed by atoms with Crippen LogP contribution in [0.15, 0.2) is 34.3 Å². The molecule has 3 rings (SSSR count). The number of rotatable bonds is 10. The molecule has 0 aromatic heterocycles. The summed E-state index contributed by atoms with van der Waals surface area (Å²) in [6, 6.07) is 6.88. The van der Waals surface area contributed by atoms with Gasteiger partial charge in [-0.25, -0.2) is 13.8 Å². The van der Waals surface area contributed by atoms with Gasteiger partial charge in [-0.05, 0) is 56.9 Å². The number of ether oxygens (including phenoxy) is 3. The fourth-order valence-corrected chi connectivity index (χ4v) is 7.06. The lowest BCUT2D eigenvalue weighted by Gasteiger charge is -2.33. The van der Waals surface area contributed by atoms with Crippen molar-refractivity contribution >= 4 is 22.1 Å². The molecule has 37 heavy (non-hydrogen) atoms. The number of carbonyl (C=O) groups excluding carboxylic acids is 1. The molecule has 202 valence electrons. The van der Waals surface area contributed by atoms with E-state index < -0.39 is 15.9 Å². The minimum atomic E-state index is -3.90. The molecular formula is C27H37N3O6S. The molecule has 0 bridgehead atoms. The highest BCUT2D eigenvalue weighted by atomic mass is 32.2. The van der Waals surface area contributed by atoms with Gasteiger partial charge in [0.2, 0.25) is 15.8 Å². The Morgan fingerprint density at radius 1 is 0.973 bits per heavy atom. The van der Waals surface area contributed by atoms with Crippen LogP contribution in [0.4, 0.5) is 0 Å². The van der Waals surface area contributed by atoms with Crippen LogP contribution < -0.4 is 19.6 Å². The lowest BCUT2D eigenvalue weighted by atomic mass is 9.95. The molecule has 0 saturated heterocycles. The van der Waals surface area contributed by atoms with Gasteiger partial charge in [0.1, 0.15) is 0 Å². The minimum absolute atomic E-state index is 0.233. The Bertz CT molecular complexity index is 1200. The number of aryl methyl sites for hydroxylation is 3. The van der Waals surface area contributed by atoms with Crippen molar-refractivity contribution in [2.75, 3.05) is 27.9 Å². The average Bonchev–Trinajstić information content (AvgIpc) is 2.86. The van der Waals surface area contributed by atoms with Crippen LogP contribution in [0.3, 0.4) is 0 Å². The molecule has 1 saturated carbocycles. The van der Waals surface area contributed by atoms with Crippen LogP contribution in [-0.4, -0.2) is 58.8 Å². The first-order valence-corrected chi connectivity index (χ1v) is 13.8. The Hall–Kier alpha value is -3.11. The van der Waals surface area contributed by atoms with Crippen molar-refractivity contribution in [2.45, 2.75) is 63.8 Å². The van der Waals surface area contributed by atoms with Crippen molar-refractivity contribution in [3.63, 3.8) is 0 Å². The fourth-order valence-electron chi connectivity index (χ4n) is 5.00. The lowest BCUT2D eigenvalue weighted by molar-refractivity contribution is -0.121. The molecule has 9 nitrogen and oxygen atoms in total. The Morgan fingerprint density at radius 3 is 2.05 bits per heavy atom. The number of hydrogen-bond acceptors (Lipinski definition) is 7. The monoisotopic (exact) mass is 531 g/mol. The van der Waals surface area contributed by atoms with E-state index in [1.165, 1.54) is 31.8 Å². The summed E-state index contributed by atoms with van der Waals surface area (Å²) in [5.74, 6) is 0.836. The Balaban J connectivity index is 1.84. The van der Waals surface area contributed by atoms with Crippen LogP contribution in [0.2, 0.25) is 0 Å². The van der Waals surface area contributed by atoms with Gasteiger partial charge in [-0.2, -0.15) is 9.41 Å². The first kappa shape index (κ1) is 28.5. The minimum Gasteiger partial charge on any atom is -0.493 e. The Labute approximate surface area is 219 Å². The zero-order valence-corrected chi connectivity index (χ0v) is 23.3. The van der Waals surface area contributed by atoms with Crippen LogP contribution in [0.1, 0.15) is 54.4 Å². The molecule has 0 heterocycles. The molecule has 0 radical (unpaired) electrons. The van der Waals surface area contributed by atoms with E-state index >= 15 is 0 Å². The molecule has 2 aromatic carbocycles. The Morgan fingerprint density at radius 2 is 1.54 bits per heavy atom. The summed E-state index contributed by atoms with van der Waals surface area (Å²) in [5.41, 5.74) is 5.44. The zero-order valence-electron chi connectivity index (χ0n) is 22.5. The van der Waals surface area contributed by atoms with Crippen molar-refractivity contribution in [2.24, 2.45) is 5.10 Å². The number of amides is 1. The van der Waals surface area contributed by atoms with Crippen LogP contribution >= 0.6 is 0 Å². The molecule has 1 N–H and O–H groups in total. The summed E-state index contributed by atoms with van der Waals surface area (Å²) < 4.78 is 45.1. The first-order valence-electron chi connectivity index (χ1n) is 12.3. The highest BCUT2D eigenvalue weighted by molar-refractivity contribution is 7.89. The fraction of sp³-hybridized carbons (Fsp3) is 0.481. The largest absolute Gasteiger partial charge is 0.493 e. The van der Waals surface area contributed by atoms with Crippen LogP contribution in [0.5, 0.6) is 17.2 Å². The van der Waals surface area contributed by atoms with Gasteiger partial charge in [-0.3, -0.25) is 4.79 Å². The topological polar surface area (TPSA) is 107 Å². The summed E-state index contributed by atoms with van der Waals surface area (Å²) in [6.07, 6.45) is 5.83. The summed E-state index contributed by atoms with van der Waals surface area (Å²) in [6.45, 7) is 5.22. The SMILES string of the molecule is COc1cc(/C=N/NC(=O)CN(C2CCCCC2)S(=O)(=O)c2c(C)cc(C)cc2C)cc(OC)c1OC. The highest BCUT2D eigenvalue weighted by Gasteiger charge is 2.35. The molecule has 10 heteroatoms. The summed E-state index contributed by atoms with van der Waals surface area (Å²) in [5, 5.41) is 4.05. The second-order valence-corrected chi connectivity index (χ2v) is 11.1. The summed E-state index contributed by atoms with van der Waals surface area (Å²) >= 11 is 0. The molecule has 1 fully saturated rings. The number of hydrogen-bond donors (Lipinski definition) is 1. The standard InChI is InChI=1S/C27H37N3O6S/c1-18-12-19(2)27(20(3)13-18)37(32,33)30(22-10-8-7-9-11-22)17-25(31)29-28-16-21-14-23(34-4)26(36-6)24(15-21)35-5/h12-16,22H,7-11,17H2,1-6H3,(H,29,31)/b28-16+.